The second kappa shape index (κ2) is 7.25. The van der Waals surface area contributed by atoms with E-state index >= 15 is 0 Å². The molecule has 0 fully saturated rings. The van der Waals surface area contributed by atoms with Gasteiger partial charge in [-0.1, -0.05) is 61.2 Å². The average Bonchev–Trinajstić information content (AvgIpc) is 3.15. The highest BCUT2D eigenvalue weighted by Crippen LogP contribution is 2.39. The highest BCUT2D eigenvalue weighted by Gasteiger charge is 2.27. The molecular formula is C25H20N2O3S. The first-order valence-electron chi connectivity index (χ1n) is 9.98. The number of rotatable bonds is 5. The Morgan fingerprint density at radius 2 is 1.58 bits per heavy atom. The first-order valence-corrected chi connectivity index (χ1v) is 11.4. The van der Waals surface area contributed by atoms with Crippen LogP contribution in [-0.2, 0) is 14.8 Å². The van der Waals surface area contributed by atoms with Gasteiger partial charge in [-0.2, -0.15) is 0 Å². The van der Waals surface area contributed by atoms with Crippen molar-refractivity contribution in [2.24, 2.45) is 0 Å². The molecule has 0 atom stereocenters. The van der Waals surface area contributed by atoms with E-state index < -0.39 is 10.0 Å². The molecule has 0 aliphatic carbocycles. The average molecular weight is 429 g/mol. The van der Waals surface area contributed by atoms with E-state index in [0.29, 0.717) is 40.0 Å². The van der Waals surface area contributed by atoms with Crippen molar-refractivity contribution in [2.45, 2.75) is 11.8 Å². The van der Waals surface area contributed by atoms with Gasteiger partial charge in [0.1, 0.15) is 11.5 Å². The van der Waals surface area contributed by atoms with E-state index in [9.17, 15) is 8.42 Å². The van der Waals surface area contributed by atoms with Gasteiger partial charge in [0.15, 0.2) is 0 Å². The van der Waals surface area contributed by atoms with E-state index in [0.717, 1.165) is 10.8 Å². The van der Waals surface area contributed by atoms with Crippen LogP contribution in [0.15, 0.2) is 90.3 Å². The summed E-state index contributed by atoms with van der Waals surface area (Å²) in [5, 5.41) is 2.25. The highest BCUT2D eigenvalue weighted by atomic mass is 32.2. The zero-order valence-electron chi connectivity index (χ0n) is 16.9. The van der Waals surface area contributed by atoms with Crippen LogP contribution in [0.1, 0.15) is 12.6 Å². The van der Waals surface area contributed by atoms with E-state index in [2.05, 4.69) is 6.58 Å². The molecule has 0 saturated heterocycles. The normalized spacial score (nSPS) is 11.9. The van der Waals surface area contributed by atoms with Gasteiger partial charge in [0.05, 0.1) is 28.1 Å². The SMILES string of the molecule is C=C(OCC)c1nc2ccccc2c2c1c1ccccc1n2S(=O)(=O)c1ccccc1. The number of nitrogens with zero attached hydrogens (tertiary/aromatic N) is 2. The summed E-state index contributed by atoms with van der Waals surface area (Å²) in [5.41, 5.74) is 2.39. The minimum Gasteiger partial charge on any atom is -0.492 e. The van der Waals surface area contributed by atoms with Crippen molar-refractivity contribution in [2.75, 3.05) is 6.61 Å². The maximum atomic E-state index is 13.9. The number of para-hydroxylation sites is 2. The third kappa shape index (κ3) is 2.91. The molecule has 0 aliphatic rings. The van der Waals surface area contributed by atoms with Crippen LogP contribution in [0.5, 0.6) is 0 Å². The lowest BCUT2D eigenvalue weighted by atomic mass is 10.1. The van der Waals surface area contributed by atoms with Crippen molar-refractivity contribution >= 4 is 48.5 Å². The number of fused-ring (bicyclic) bond motifs is 5. The molecular weight excluding hydrogens is 408 g/mol. The van der Waals surface area contributed by atoms with Crippen LogP contribution in [-0.4, -0.2) is 24.0 Å². The summed E-state index contributed by atoms with van der Waals surface area (Å²) in [7, 11) is -3.88. The first kappa shape index (κ1) is 19.3. The maximum absolute atomic E-state index is 13.9. The highest BCUT2D eigenvalue weighted by molar-refractivity contribution is 7.90. The molecule has 5 nitrogen and oxygen atoms in total. The van der Waals surface area contributed by atoms with Gasteiger partial charge in [-0.3, -0.25) is 0 Å². The number of benzene rings is 3. The molecule has 154 valence electrons. The standard InChI is InChI=1S/C25H20N2O3S/c1-3-30-17(2)24-23-20-14-8-10-16-22(20)27(31(28,29)18-11-5-4-6-12-18)25(23)19-13-7-9-15-21(19)26-24/h4-16H,2-3H2,1H3. The van der Waals surface area contributed by atoms with E-state index in [1.54, 1.807) is 30.3 Å². The molecule has 0 aliphatic heterocycles. The summed E-state index contributed by atoms with van der Waals surface area (Å²) in [6.07, 6.45) is 0. The molecule has 5 aromatic rings. The van der Waals surface area contributed by atoms with Gasteiger partial charge < -0.3 is 4.74 Å². The molecule has 0 unspecified atom stereocenters. The van der Waals surface area contributed by atoms with Gasteiger partial charge >= 0.3 is 0 Å². The van der Waals surface area contributed by atoms with Crippen molar-refractivity contribution in [1.82, 2.24) is 8.96 Å². The van der Waals surface area contributed by atoms with E-state index in [4.69, 9.17) is 9.72 Å². The maximum Gasteiger partial charge on any atom is 0.268 e. The Morgan fingerprint density at radius 3 is 2.32 bits per heavy atom. The fourth-order valence-electron chi connectivity index (χ4n) is 4.04. The first-order chi connectivity index (χ1) is 15.0. The number of aromatic nitrogens is 2. The van der Waals surface area contributed by atoms with Crippen LogP contribution < -0.4 is 0 Å². The quantitative estimate of drug-likeness (QED) is 0.343. The van der Waals surface area contributed by atoms with Crippen molar-refractivity contribution in [3.05, 3.63) is 91.1 Å². The van der Waals surface area contributed by atoms with Crippen molar-refractivity contribution in [1.29, 1.82) is 0 Å². The Hall–Kier alpha value is -3.64. The van der Waals surface area contributed by atoms with Crippen LogP contribution in [0.4, 0.5) is 0 Å². The number of pyridine rings is 1. The molecule has 6 heteroatoms. The third-order valence-electron chi connectivity index (χ3n) is 5.32. The number of hydrogen-bond donors (Lipinski definition) is 0. The summed E-state index contributed by atoms with van der Waals surface area (Å²) < 4.78 is 34.9. The summed E-state index contributed by atoms with van der Waals surface area (Å²) in [6, 6.07) is 23.5. The predicted octanol–water partition coefficient (Wildman–Crippen LogP) is 5.59. The zero-order valence-corrected chi connectivity index (χ0v) is 17.8. The van der Waals surface area contributed by atoms with Crippen LogP contribution in [0.2, 0.25) is 0 Å². The topological polar surface area (TPSA) is 61.2 Å². The predicted molar refractivity (Wildman–Crippen MR) is 124 cm³/mol. The molecule has 0 amide bonds. The van der Waals surface area contributed by atoms with Gasteiger partial charge in [0, 0.05) is 16.2 Å². The van der Waals surface area contributed by atoms with Gasteiger partial charge in [0.2, 0.25) is 0 Å². The molecule has 2 aromatic heterocycles. The van der Waals surface area contributed by atoms with Crippen molar-refractivity contribution in [3.63, 3.8) is 0 Å². The lowest BCUT2D eigenvalue weighted by molar-refractivity contribution is 0.298. The lowest BCUT2D eigenvalue weighted by Crippen LogP contribution is -2.13. The fraction of sp³-hybridized carbons (Fsp3) is 0.0800. The third-order valence-corrected chi connectivity index (χ3v) is 7.05. The van der Waals surface area contributed by atoms with Gasteiger partial charge in [0.25, 0.3) is 10.0 Å². The monoisotopic (exact) mass is 428 g/mol. The van der Waals surface area contributed by atoms with E-state index in [1.165, 1.54) is 3.97 Å². The molecule has 0 spiro atoms. The summed E-state index contributed by atoms with van der Waals surface area (Å²) in [4.78, 5) is 5.03. The molecule has 0 radical (unpaired) electrons. The smallest absolute Gasteiger partial charge is 0.268 e. The Morgan fingerprint density at radius 1 is 0.935 bits per heavy atom. The fourth-order valence-corrected chi connectivity index (χ4v) is 5.60. The Kier molecular flexibility index (Phi) is 4.52. The van der Waals surface area contributed by atoms with Crippen LogP contribution >= 0.6 is 0 Å². The molecule has 5 rings (SSSR count). The van der Waals surface area contributed by atoms with Crippen molar-refractivity contribution in [3.8, 4) is 0 Å². The molecule has 0 saturated carbocycles. The molecule has 31 heavy (non-hydrogen) atoms. The number of hydrogen-bond acceptors (Lipinski definition) is 4. The number of ether oxygens (including phenoxy) is 1. The summed E-state index contributed by atoms with van der Waals surface area (Å²) in [5.74, 6) is 0.415. The molecule has 0 bridgehead atoms. The van der Waals surface area contributed by atoms with Gasteiger partial charge in [-0.25, -0.2) is 17.4 Å². The van der Waals surface area contributed by atoms with Gasteiger partial charge in [-0.15, -0.1) is 0 Å². The van der Waals surface area contributed by atoms with Gasteiger partial charge in [-0.05, 0) is 31.2 Å². The lowest BCUT2D eigenvalue weighted by Gasteiger charge is -2.13. The molecule has 2 heterocycles. The van der Waals surface area contributed by atoms with Crippen molar-refractivity contribution < 1.29 is 13.2 Å². The summed E-state index contributed by atoms with van der Waals surface area (Å²) in [6.45, 7) is 6.39. The van der Waals surface area contributed by atoms with E-state index in [1.807, 2.05) is 55.5 Å². The van der Waals surface area contributed by atoms with Crippen LogP contribution in [0.3, 0.4) is 0 Å². The second-order valence-corrected chi connectivity index (χ2v) is 8.94. The molecule has 0 N–H and O–H groups in total. The van der Waals surface area contributed by atoms with E-state index in [-0.39, 0.29) is 4.90 Å². The minimum absolute atomic E-state index is 0.226. The summed E-state index contributed by atoms with van der Waals surface area (Å²) >= 11 is 0. The zero-order chi connectivity index (χ0) is 21.6. The minimum atomic E-state index is -3.88. The Labute approximate surface area is 180 Å². The van der Waals surface area contributed by atoms with Crippen LogP contribution in [0.25, 0.3) is 38.5 Å². The Balaban J connectivity index is 2.05. The largest absolute Gasteiger partial charge is 0.492 e. The Bertz CT molecular complexity index is 1570. The van der Waals surface area contributed by atoms with Crippen LogP contribution in [0, 0.1) is 0 Å². The second-order valence-electron chi connectivity index (χ2n) is 7.16. The molecule has 3 aromatic carbocycles.